The van der Waals surface area contributed by atoms with Crippen LogP contribution >= 0.6 is 0 Å². The summed E-state index contributed by atoms with van der Waals surface area (Å²) in [6, 6.07) is 5.79. The maximum absolute atomic E-state index is 12.1. The molecule has 7 nitrogen and oxygen atoms in total. The Morgan fingerprint density at radius 2 is 1.72 bits per heavy atom. The lowest BCUT2D eigenvalue weighted by atomic mass is 9.89. The average Bonchev–Trinajstić information content (AvgIpc) is 2.70. The van der Waals surface area contributed by atoms with Crippen LogP contribution in [0.15, 0.2) is 23.2 Å². The van der Waals surface area contributed by atoms with Crippen LogP contribution in [0.25, 0.3) is 0 Å². The van der Waals surface area contributed by atoms with E-state index in [4.69, 9.17) is 14.2 Å². The summed E-state index contributed by atoms with van der Waals surface area (Å²) >= 11 is 0. The third kappa shape index (κ3) is 6.56. The smallest absolute Gasteiger partial charge is 0.325 e. The van der Waals surface area contributed by atoms with Gasteiger partial charge >= 0.3 is 11.9 Å². The Labute approximate surface area is 173 Å². The third-order valence-corrected chi connectivity index (χ3v) is 4.91. The van der Waals surface area contributed by atoms with Crippen molar-refractivity contribution in [3.05, 3.63) is 23.8 Å². The lowest BCUT2D eigenvalue weighted by Gasteiger charge is -2.30. The number of ether oxygens (including phenoxy) is 3. The predicted molar refractivity (Wildman–Crippen MR) is 112 cm³/mol. The van der Waals surface area contributed by atoms with Crippen molar-refractivity contribution < 1.29 is 23.8 Å². The van der Waals surface area contributed by atoms with Crippen LogP contribution in [-0.2, 0) is 19.1 Å². The van der Waals surface area contributed by atoms with E-state index in [1.807, 2.05) is 25.1 Å². The first kappa shape index (κ1) is 22.9. The van der Waals surface area contributed by atoms with Crippen LogP contribution in [-0.4, -0.2) is 63.0 Å². The summed E-state index contributed by atoms with van der Waals surface area (Å²) in [5.41, 5.74) is 1.80. The highest BCUT2D eigenvalue weighted by Crippen LogP contribution is 2.36. The zero-order valence-corrected chi connectivity index (χ0v) is 17.8. The monoisotopic (exact) mass is 404 g/mol. The summed E-state index contributed by atoms with van der Waals surface area (Å²) in [7, 11) is 2.14. The minimum absolute atomic E-state index is 0.183. The molecule has 0 unspecified atom stereocenters. The third-order valence-electron chi connectivity index (χ3n) is 4.91. The number of hydrogen-bond donors (Lipinski definition) is 0. The fourth-order valence-corrected chi connectivity index (χ4v) is 3.38. The minimum atomic E-state index is -1.18. The van der Waals surface area contributed by atoms with Gasteiger partial charge in [-0.3, -0.25) is 14.6 Å². The molecule has 1 aromatic carbocycles. The maximum atomic E-state index is 12.1. The van der Waals surface area contributed by atoms with Gasteiger partial charge in [0, 0.05) is 12.3 Å². The normalized spacial score (nSPS) is 15.6. The Morgan fingerprint density at radius 1 is 1.10 bits per heavy atom. The van der Waals surface area contributed by atoms with E-state index in [9.17, 15) is 9.59 Å². The number of esters is 2. The van der Waals surface area contributed by atoms with Crippen LogP contribution in [0.5, 0.6) is 5.75 Å². The summed E-state index contributed by atoms with van der Waals surface area (Å²) in [5, 5.41) is 0. The lowest BCUT2D eigenvalue weighted by Crippen LogP contribution is -2.29. The number of aliphatic imine (C=N–C) groups is 1. The highest BCUT2D eigenvalue weighted by atomic mass is 16.6. The Morgan fingerprint density at radius 3 is 2.28 bits per heavy atom. The SMILES string of the molecule is CCOC(=O)C(C=Nc1ccc(C2CCN(C)CC2)c(OCC)c1)C(=O)OCC. The van der Waals surface area contributed by atoms with Gasteiger partial charge in [0.15, 0.2) is 5.92 Å². The van der Waals surface area contributed by atoms with Crippen LogP contribution in [0.2, 0.25) is 0 Å². The molecule has 1 saturated heterocycles. The molecule has 7 heteroatoms. The molecule has 1 fully saturated rings. The van der Waals surface area contributed by atoms with Gasteiger partial charge in [0.25, 0.3) is 0 Å². The molecule has 160 valence electrons. The fourth-order valence-electron chi connectivity index (χ4n) is 3.38. The number of hydrogen-bond acceptors (Lipinski definition) is 7. The van der Waals surface area contributed by atoms with Gasteiger partial charge in [0.05, 0.1) is 25.5 Å². The van der Waals surface area contributed by atoms with Crippen LogP contribution in [0.3, 0.4) is 0 Å². The topological polar surface area (TPSA) is 77.4 Å². The maximum Gasteiger partial charge on any atom is 0.325 e. The van der Waals surface area contributed by atoms with Gasteiger partial charge in [-0.05, 0) is 71.3 Å². The van der Waals surface area contributed by atoms with Crippen LogP contribution in [0.4, 0.5) is 5.69 Å². The molecule has 0 N–H and O–H groups in total. The Bertz CT molecular complexity index is 693. The molecular weight excluding hydrogens is 372 g/mol. The first-order valence-electron chi connectivity index (χ1n) is 10.3. The number of carbonyl (C=O) groups is 2. The van der Waals surface area contributed by atoms with Crippen LogP contribution in [0.1, 0.15) is 45.1 Å². The van der Waals surface area contributed by atoms with E-state index in [1.54, 1.807) is 13.8 Å². The Hall–Kier alpha value is -2.41. The van der Waals surface area contributed by atoms with Crippen molar-refractivity contribution in [2.45, 2.75) is 39.5 Å². The molecule has 1 aromatic rings. The zero-order valence-electron chi connectivity index (χ0n) is 17.8. The predicted octanol–water partition coefficient (Wildman–Crippen LogP) is 3.34. The molecule has 0 amide bonds. The second-order valence-corrected chi connectivity index (χ2v) is 6.99. The van der Waals surface area contributed by atoms with E-state index in [0.29, 0.717) is 18.2 Å². The molecule has 2 rings (SSSR count). The first-order chi connectivity index (χ1) is 14.0. The average molecular weight is 405 g/mol. The molecule has 0 spiro atoms. The molecule has 1 aliphatic rings. The largest absolute Gasteiger partial charge is 0.494 e. The van der Waals surface area contributed by atoms with Crippen molar-refractivity contribution in [3.8, 4) is 5.75 Å². The van der Waals surface area contributed by atoms with Crippen molar-refractivity contribution in [3.63, 3.8) is 0 Å². The molecule has 1 heterocycles. The van der Waals surface area contributed by atoms with E-state index >= 15 is 0 Å². The molecule has 0 aliphatic carbocycles. The Balaban J connectivity index is 2.22. The summed E-state index contributed by atoms with van der Waals surface area (Å²) in [6.45, 7) is 8.38. The molecule has 29 heavy (non-hydrogen) atoms. The lowest BCUT2D eigenvalue weighted by molar-refractivity contribution is -0.157. The van der Waals surface area contributed by atoms with Gasteiger partial charge in [-0.2, -0.15) is 0 Å². The fraction of sp³-hybridized carbons (Fsp3) is 0.591. The number of likely N-dealkylation sites (tertiary alicyclic amines) is 1. The molecule has 0 bridgehead atoms. The van der Waals surface area contributed by atoms with Gasteiger partial charge in [-0.15, -0.1) is 0 Å². The number of piperidine rings is 1. The van der Waals surface area contributed by atoms with Crippen molar-refractivity contribution in [2.24, 2.45) is 10.9 Å². The van der Waals surface area contributed by atoms with Gasteiger partial charge in [-0.1, -0.05) is 6.07 Å². The summed E-state index contributed by atoms with van der Waals surface area (Å²) in [5.74, 6) is -1.25. The molecule has 0 saturated carbocycles. The van der Waals surface area contributed by atoms with Crippen molar-refractivity contribution in [2.75, 3.05) is 40.0 Å². The molecule has 0 atom stereocenters. The van der Waals surface area contributed by atoms with E-state index in [0.717, 1.165) is 31.7 Å². The molecule has 0 radical (unpaired) electrons. The molecule has 1 aliphatic heterocycles. The van der Waals surface area contributed by atoms with Crippen molar-refractivity contribution in [1.82, 2.24) is 4.90 Å². The zero-order chi connectivity index (χ0) is 21.2. The van der Waals surface area contributed by atoms with Crippen molar-refractivity contribution >= 4 is 23.8 Å². The summed E-state index contributed by atoms with van der Waals surface area (Å²) in [6.07, 6.45) is 3.47. The second kappa shape index (κ2) is 11.6. The van der Waals surface area contributed by atoms with Crippen molar-refractivity contribution in [1.29, 1.82) is 0 Å². The van der Waals surface area contributed by atoms with Crippen LogP contribution < -0.4 is 4.74 Å². The van der Waals surface area contributed by atoms with Crippen LogP contribution in [0, 0.1) is 5.92 Å². The quantitative estimate of drug-likeness (QED) is 0.357. The summed E-state index contributed by atoms with van der Waals surface area (Å²) in [4.78, 5) is 30.9. The van der Waals surface area contributed by atoms with Gasteiger partial charge in [0.1, 0.15) is 5.75 Å². The van der Waals surface area contributed by atoms with Gasteiger partial charge in [0.2, 0.25) is 0 Å². The van der Waals surface area contributed by atoms with Gasteiger partial charge in [-0.25, -0.2) is 0 Å². The second-order valence-electron chi connectivity index (χ2n) is 6.99. The number of nitrogens with zero attached hydrogens (tertiary/aromatic N) is 2. The van der Waals surface area contributed by atoms with E-state index in [1.165, 1.54) is 11.8 Å². The summed E-state index contributed by atoms with van der Waals surface area (Å²) < 4.78 is 15.8. The standard InChI is InChI=1S/C22H32N2O5/c1-5-27-20-14-17(8-9-18(20)16-10-12-24(4)13-11-16)23-15-19(21(25)28-6-2)22(26)29-7-3/h8-9,14-16,19H,5-7,10-13H2,1-4H3. The highest BCUT2D eigenvalue weighted by Gasteiger charge is 2.28. The van der Waals surface area contributed by atoms with E-state index < -0.39 is 17.9 Å². The molecule has 0 aromatic heterocycles. The minimum Gasteiger partial charge on any atom is -0.494 e. The number of benzene rings is 1. The van der Waals surface area contributed by atoms with E-state index in [2.05, 4.69) is 16.9 Å². The Kier molecular flexibility index (Phi) is 9.12. The molecular formula is C22H32N2O5. The van der Waals surface area contributed by atoms with Gasteiger partial charge < -0.3 is 19.1 Å². The number of rotatable bonds is 9. The number of carbonyl (C=O) groups excluding carboxylic acids is 2. The first-order valence-corrected chi connectivity index (χ1v) is 10.3. The van der Waals surface area contributed by atoms with E-state index in [-0.39, 0.29) is 13.2 Å². The highest BCUT2D eigenvalue weighted by molar-refractivity contribution is 6.09.